The Morgan fingerprint density at radius 3 is 1.81 bits per heavy atom. The summed E-state index contributed by atoms with van der Waals surface area (Å²) in [5, 5.41) is 0. The van der Waals surface area contributed by atoms with Crippen LogP contribution in [0.1, 0.15) is 65.0 Å². The third-order valence-corrected chi connectivity index (χ3v) is 3.69. The van der Waals surface area contributed by atoms with Crippen LogP contribution in [0.4, 0.5) is 13.2 Å². The lowest BCUT2D eigenvalue weighted by Gasteiger charge is -2.38. The fourth-order valence-corrected chi connectivity index (χ4v) is 2.26. The van der Waals surface area contributed by atoms with E-state index in [-0.39, 0.29) is 5.56 Å². The second kappa shape index (κ2) is 5.99. The van der Waals surface area contributed by atoms with Crippen molar-refractivity contribution in [1.82, 2.24) is 0 Å². The lowest BCUT2D eigenvalue weighted by molar-refractivity contribution is -0.303. The molecule has 0 bridgehead atoms. The van der Waals surface area contributed by atoms with E-state index in [1.54, 1.807) is 32.9 Å². The first-order valence-electron chi connectivity index (χ1n) is 7.28. The van der Waals surface area contributed by atoms with Crippen LogP contribution in [0.3, 0.4) is 0 Å². The topological polar surface area (TPSA) is 9.23 Å². The van der Waals surface area contributed by atoms with E-state index in [2.05, 4.69) is 13.8 Å². The summed E-state index contributed by atoms with van der Waals surface area (Å²) in [6.07, 6.45) is -3.52. The van der Waals surface area contributed by atoms with Crippen LogP contribution in [0.2, 0.25) is 0 Å². The van der Waals surface area contributed by atoms with Gasteiger partial charge in [-0.3, -0.25) is 0 Å². The van der Waals surface area contributed by atoms with E-state index in [0.717, 1.165) is 18.9 Å². The van der Waals surface area contributed by atoms with Crippen molar-refractivity contribution in [3.8, 4) is 0 Å². The molecule has 0 heterocycles. The predicted octanol–water partition coefficient (Wildman–Crippen LogP) is 5.79. The quantitative estimate of drug-likeness (QED) is 0.683. The van der Waals surface area contributed by atoms with Gasteiger partial charge in [-0.1, -0.05) is 38.1 Å². The second-order valence-corrected chi connectivity index (χ2v) is 6.68. The Morgan fingerprint density at radius 1 is 1.00 bits per heavy atom. The molecule has 0 saturated heterocycles. The molecule has 1 aromatic carbocycles. The summed E-state index contributed by atoms with van der Waals surface area (Å²) in [6, 6.07) is 6.58. The van der Waals surface area contributed by atoms with Gasteiger partial charge in [0.15, 0.2) is 5.60 Å². The number of benzene rings is 1. The highest BCUT2D eigenvalue weighted by molar-refractivity contribution is 5.30. The number of hydrogen-bond donors (Lipinski definition) is 0. The third kappa shape index (κ3) is 4.22. The minimum Gasteiger partial charge on any atom is -0.355 e. The Hall–Kier alpha value is -1.03. The van der Waals surface area contributed by atoms with Gasteiger partial charge in [0.05, 0.1) is 5.60 Å². The van der Waals surface area contributed by atoms with E-state index in [1.165, 1.54) is 12.1 Å². The summed E-state index contributed by atoms with van der Waals surface area (Å²) in [7, 11) is 0. The summed E-state index contributed by atoms with van der Waals surface area (Å²) in [4.78, 5) is 0. The van der Waals surface area contributed by atoms with Crippen molar-refractivity contribution in [2.24, 2.45) is 0 Å². The van der Waals surface area contributed by atoms with E-state index in [0.29, 0.717) is 5.92 Å². The Balaban J connectivity index is 3.22. The highest BCUT2D eigenvalue weighted by atomic mass is 19.4. The first-order chi connectivity index (χ1) is 9.40. The van der Waals surface area contributed by atoms with Crippen LogP contribution < -0.4 is 0 Å². The molecule has 0 aliphatic carbocycles. The third-order valence-electron chi connectivity index (χ3n) is 3.69. The Bertz CT molecular complexity index is 456. The minimum atomic E-state index is -4.47. The summed E-state index contributed by atoms with van der Waals surface area (Å²) in [6.45, 7) is 10.1. The maximum atomic E-state index is 13.5. The molecular formula is C17H25F3O. The zero-order chi connectivity index (χ0) is 16.5. The van der Waals surface area contributed by atoms with Gasteiger partial charge >= 0.3 is 6.18 Å². The molecule has 0 N–H and O–H groups in total. The molecule has 2 unspecified atom stereocenters. The predicted molar refractivity (Wildman–Crippen MR) is 79.4 cm³/mol. The van der Waals surface area contributed by atoms with Crippen LogP contribution in [0.5, 0.6) is 0 Å². The lowest BCUT2D eigenvalue weighted by atomic mass is 9.90. The highest BCUT2D eigenvalue weighted by Gasteiger charge is 2.55. The van der Waals surface area contributed by atoms with Crippen molar-refractivity contribution in [1.29, 1.82) is 0 Å². The molecule has 1 aromatic rings. The van der Waals surface area contributed by atoms with Crippen LogP contribution in [0.15, 0.2) is 24.3 Å². The molecule has 120 valence electrons. The van der Waals surface area contributed by atoms with Crippen LogP contribution in [-0.2, 0) is 10.3 Å². The zero-order valence-corrected chi connectivity index (χ0v) is 13.6. The molecule has 21 heavy (non-hydrogen) atoms. The van der Waals surface area contributed by atoms with Crippen LogP contribution in [0.25, 0.3) is 0 Å². The first-order valence-corrected chi connectivity index (χ1v) is 7.28. The number of halogens is 3. The Morgan fingerprint density at radius 2 is 1.48 bits per heavy atom. The number of rotatable bonds is 4. The SMILES string of the molecule is CCC(C)c1ccc(C(C)(OC(C)(C)C)C(F)(F)F)cc1. The van der Waals surface area contributed by atoms with Crippen molar-refractivity contribution >= 4 is 0 Å². The van der Waals surface area contributed by atoms with Crippen molar-refractivity contribution in [3.05, 3.63) is 35.4 Å². The van der Waals surface area contributed by atoms with Gasteiger partial charge in [0.1, 0.15) is 0 Å². The fourth-order valence-electron chi connectivity index (χ4n) is 2.26. The Labute approximate surface area is 125 Å². The average molecular weight is 302 g/mol. The van der Waals surface area contributed by atoms with Crippen molar-refractivity contribution in [3.63, 3.8) is 0 Å². The highest BCUT2D eigenvalue weighted by Crippen LogP contribution is 2.44. The maximum absolute atomic E-state index is 13.5. The maximum Gasteiger partial charge on any atom is 0.421 e. The molecule has 0 radical (unpaired) electrons. The van der Waals surface area contributed by atoms with Gasteiger partial charge in [0.2, 0.25) is 0 Å². The van der Waals surface area contributed by atoms with Crippen LogP contribution in [0, 0.1) is 0 Å². The smallest absolute Gasteiger partial charge is 0.355 e. The van der Waals surface area contributed by atoms with Gasteiger partial charge in [-0.15, -0.1) is 0 Å². The van der Waals surface area contributed by atoms with E-state index < -0.39 is 17.4 Å². The van der Waals surface area contributed by atoms with E-state index in [1.807, 2.05) is 0 Å². The lowest BCUT2D eigenvalue weighted by Crippen LogP contribution is -2.46. The second-order valence-electron chi connectivity index (χ2n) is 6.68. The summed E-state index contributed by atoms with van der Waals surface area (Å²) < 4.78 is 45.9. The molecule has 1 rings (SSSR count). The van der Waals surface area contributed by atoms with Crippen LogP contribution >= 0.6 is 0 Å². The summed E-state index contributed by atoms with van der Waals surface area (Å²) in [5.41, 5.74) is -2.02. The van der Waals surface area contributed by atoms with Gasteiger partial charge in [0.25, 0.3) is 0 Å². The summed E-state index contributed by atoms with van der Waals surface area (Å²) >= 11 is 0. The molecule has 0 fully saturated rings. The average Bonchev–Trinajstić information content (AvgIpc) is 2.34. The molecule has 1 nitrogen and oxygen atoms in total. The number of hydrogen-bond acceptors (Lipinski definition) is 1. The van der Waals surface area contributed by atoms with Crippen LogP contribution in [-0.4, -0.2) is 11.8 Å². The van der Waals surface area contributed by atoms with E-state index in [4.69, 9.17) is 4.74 Å². The standard InChI is InChI=1S/C17H25F3O/c1-7-12(2)13-8-10-14(11-9-13)16(6,17(18,19)20)21-15(3,4)5/h8-12H,7H2,1-6H3. The van der Waals surface area contributed by atoms with Gasteiger partial charge in [-0.25, -0.2) is 0 Å². The van der Waals surface area contributed by atoms with Gasteiger partial charge in [-0.05, 0) is 51.2 Å². The van der Waals surface area contributed by atoms with Gasteiger partial charge in [-0.2, -0.15) is 13.2 Å². The molecule has 0 aliphatic rings. The van der Waals surface area contributed by atoms with E-state index >= 15 is 0 Å². The number of alkyl halides is 3. The largest absolute Gasteiger partial charge is 0.421 e. The molecule has 0 amide bonds. The normalized spacial score (nSPS) is 17.4. The molecule has 2 atom stereocenters. The molecule has 4 heteroatoms. The molecule has 0 aliphatic heterocycles. The van der Waals surface area contributed by atoms with Gasteiger partial charge < -0.3 is 4.74 Å². The van der Waals surface area contributed by atoms with Crippen molar-refractivity contribution in [2.75, 3.05) is 0 Å². The molecule has 0 spiro atoms. The van der Waals surface area contributed by atoms with E-state index in [9.17, 15) is 13.2 Å². The van der Waals surface area contributed by atoms with Crippen molar-refractivity contribution in [2.45, 2.75) is 71.3 Å². The molecule has 0 aromatic heterocycles. The van der Waals surface area contributed by atoms with Crippen molar-refractivity contribution < 1.29 is 17.9 Å². The fraction of sp³-hybridized carbons (Fsp3) is 0.647. The first kappa shape index (κ1) is 18.0. The molecule has 0 saturated carbocycles. The minimum absolute atomic E-state index is 0.136. The summed E-state index contributed by atoms with van der Waals surface area (Å²) in [5.74, 6) is 0.333. The number of ether oxygens (including phenoxy) is 1. The molecular weight excluding hydrogens is 277 g/mol. The van der Waals surface area contributed by atoms with Gasteiger partial charge in [0, 0.05) is 0 Å². The zero-order valence-electron chi connectivity index (χ0n) is 13.6. The Kier molecular flexibility index (Phi) is 5.14. The monoisotopic (exact) mass is 302 g/mol.